The third-order valence-electron chi connectivity index (χ3n) is 2.78. The number of fused-ring (bicyclic) bond motifs is 1. The molecule has 0 fully saturated rings. The molecule has 0 N–H and O–H groups in total. The molecule has 4 nitrogen and oxygen atoms in total. The SMILES string of the molecule is COC(=O)CN(c1nccc2sccc12)C(C)C. The summed E-state index contributed by atoms with van der Waals surface area (Å²) in [7, 11) is 1.40. The first kappa shape index (κ1) is 12.8. The number of aromatic nitrogens is 1. The molecule has 0 amide bonds. The van der Waals surface area contributed by atoms with Crippen LogP contribution in [0.25, 0.3) is 10.1 Å². The minimum Gasteiger partial charge on any atom is -0.468 e. The Morgan fingerprint density at radius 3 is 2.94 bits per heavy atom. The van der Waals surface area contributed by atoms with E-state index in [2.05, 4.69) is 4.98 Å². The fourth-order valence-corrected chi connectivity index (χ4v) is 2.59. The molecule has 0 atom stereocenters. The van der Waals surface area contributed by atoms with Gasteiger partial charge in [-0.1, -0.05) is 0 Å². The van der Waals surface area contributed by atoms with Crippen LogP contribution in [-0.2, 0) is 9.53 Å². The molecule has 0 unspecified atom stereocenters. The number of methoxy groups -OCH3 is 1. The maximum atomic E-state index is 11.5. The van der Waals surface area contributed by atoms with Gasteiger partial charge in [-0.15, -0.1) is 11.3 Å². The van der Waals surface area contributed by atoms with Crippen molar-refractivity contribution in [1.29, 1.82) is 0 Å². The molecule has 96 valence electrons. The lowest BCUT2D eigenvalue weighted by Crippen LogP contribution is -2.36. The van der Waals surface area contributed by atoms with E-state index in [-0.39, 0.29) is 18.6 Å². The molecular weight excluding hydrogens is 248 g/mol. The first-order valence-electron chi connectivity index (χ1n) is 5.79. The molecule has 2 aromatic rings. The number of hydrogen-bond acceptors (Lipinski definition) is 5. The average Bonchev–Trinajstić information content (AvgIpc) is 2.83. The molecule has 0 bridgehead atoms. The lowest BCUT2D eigenvalue weighted by Gasteiger charge is -2.27. The van der Waals surface area contributed by atoms with Crippen molar-refractivity contribution in [1.82, 2.24) is 4.98 Å². The normalized spacial score (nSPS) is 10.9. The molecule has 0 aliphatic rings. The Bertz CT molecular complexity index is 551. The first-order chi connectivity index (χ1) is 8.63. The van der Waals surface area contributed by atoms with E-state index in [1.54, 1.807) is 17.5 Å². The van der Waals surface area contributed by atoms with E-state index in [4.69, 9.17) is 4.74 Å². The molecule has 0 saturated heterocycles. The summed E-state index contributed by atoms with van der Waals surface area (Å²) < 4.78 is 5.92. The van der Waals surface area contributed by atoms with Gasteiger partial charge in [-0.3, -0.25) is 4.79 Å². The number of hydrogen-bond donors (Lipinski definition) is 0. The second kappa shape index (κ2) is 5.35. The van der Waals surface area contributed by atoms with Crippen LogP contribution in [0.5, 0.6) is 0 Å². The fraction of sp³-hybridized carbons (Fsp3) is 0.385. The van der Waals surface area contributed by atoms with Gasteiger partial charge in [0.1, 0.15) is 12.4 Å². The molecule has 2 rings (SSSR count). The third-order valence-corrected chi connectivity index (χ3v) is 3.66. The Kier molecular flexibility index (Phi) is 3.81. The van der Waals surface area contributed by atoms with Gasteiger partial charge < -0.3 is 9.64 Å². The number of thiophene rings is 1. The molecule has 0 aliphatic heterocycles. The summed E-state index contributed by atoms with van der Waals surface area (Å²) in [5.74, 6) is 0.590. The quantitative estimate of drug-likeness (QED) is 0.796. The van der Waals surface area contributed by atoms with E-state index >= 15 is 0 Å². The maximum Gasteiger partial charge on any atom is 0.325 e. The summed E-state index contributed by atoms with van der Waals surface area (Å²) >= 11 is 1.67. The molecule has 0 aliphatic carbocycles. The second-order valence-electron chi connectivity index (χ2n) is 4.26. The smallest absolute Gasteiger partial charge is 0.325 e. The average molecular weight is 264 g/mol. The molecule has 0 radical (unpaired) electrons. The minimum atomic E-state index is -0.252. The van der Waals surface area contributed by atoms with Crippen molar-refractivity contribution in [2.45, 2.75) is 19.9 Å². The predicted octanol–water partition coefficient (Wildman–Crippen LogP) is 2.68. The van der Waals surface area contributed by atoms with Crippen LogP contribution in [0.15, 0.2) is 23.7 Å². The van der Waals surface area contributed by atoms with Gasteiger partial charge in [0.05, 0.1) is 7.11 Å². The lowest BCUT2D eigenvalue weighted by molar-refractivity contribution is -0.139. The Morgan fingerprint density at radius 1 is 1.50 bits per heavy atom. The van der Waals surface area contributed by atoms with Crippen molar-refractivity contribution in [3.05, 3.63) is 23.7 Å². The Labute approximate surface area is 110 Å². The monoisotopic (exact) mass is 264 g/mol. The number of ether oxygens (including phenoxy) is 1. The third kappa shape index (κ3) is 2.46. The van der Waals surface area contributed by atoms with Crippen molar-refractivity contribution in [3.63, 3.8) is 0 Å². The Balaban J connectivity index is 2.41. The van der Waals surface area contributed by atoms with Crippen molar-refractivity contribution < 1.29 is 9.53 Å². The summed E-state index contributed by atoms with van der Waals surface area (Å²) in [6.07, 6.45) is 1.78. The predicted molar refractivity (Wildman–Crippen MR) is 74.1 cm³/mol. The van der Waals surface area contributed by atoms with E-state index in [0.29, 0.717) is 0 Å². The van der Waals surface area contributed by atoms with Gasteiger partial charge in [-0.05, 0) is 31.4 Å². The van der Waals surface area contributed by atoms with Crippen molar-refractivity contribution >= 4 is 33.2 Å². The van der Waals surface area contributed by atoms with Crippen LogP contribution in [-0.4, -0.2) is 30.6 Å². The summed E-state index contributed by atoms with van der Waals surface area (Å²) in [5, 5.41) is 3.12. The number of carbonyl (C=O) groups is 1. The second-order valence-corrected chi connectivity index (χ2v) is 5.21. The molecule has 2 heterocycles. The highest BCUT2D eigenvalue weighted by atomic mass is 32.1. The van der Waals surface area contributed by atoms with E-state index in [1.165, 1.54) is 11.8 Å². The maximum absolute atomic E-state index is 11.5. The van der Waals surface area contributed by atoms with Crippen LogP contribution in [0.1, 0.15) is 13.8 Å². The molecule has 5 heteroatoms. The number of rotatable bonds is 4. The fourth-order valence-electron chi connectivity index (χ4n) is 1.81. The van der Waals surface area contributed by atoms with E-state index in [0.717, 1.165) is 11.2 Å². The van der Waals surface area contributed by atoms with Crippen LogP contribution in [0.3, 0.4) is 0 Å². The van der Waals surface area contributed by atoms with Crippen LogP contribution in [0.4, 0.5) is 5.82 Å². The number of nitrogens with zero attached hydrogens (tertiary/aromatic N) is 2. The van der Waals surface area contributed by atoms with Gasteiger partial charge in [0, 0.05) is 22.3 Å². The summed E-state index contributed by atoms with van der Waals surface area (Å²) in [6.45, 7) is 4.29. The van der Waals surface area contributed by atoms with Gasteiger partial charge in [0.25, 0.3) is 0 Å². The zero-order valence-electron chi connectivity index (χ0n) is 10.7. The minimum absolute atomic E-state index is 0.182. The van der Waals surface area contributed by atoms with Crippen molar-refractivity contribution in [2.75, 3.05) is 18.6 Å². The van der Waals surface area contributed by atoms with Crippen molar-refractivity contribution in [3.8, 4) is 0 Å². The van der Waals surface area contributed by atoms with Crippen LogP contribution >= 0.6 is 11.3 Å². The van der Waals surface area contributed by atoms with Gasteiger partial charge in [-0.25, -0.2) is 4.98 Å². The largest absolute Gasteiger partial charge is 0.468 e. The summed E-state index contributed by atoms with van der Waals surface area (Å²) in [6, 6.07) is 4.21. The lowest BCUT2D eigenvalue weighted by atomic mass is 10.2. The van der Waals surface area contributed by atoms with Gasteiger partial charge in [0.2, 0.25) is 0 Å². The summed E-state index contributed by atoms with van der Waals surface area (Å²) in [5.41, 5.74) is 0. The Morgan fingerprint density at radius 2 is 2.28 bits per heavy atom. The number of esters is 1. The highest BCUT2D eigenvalue weighted by Crippen LogP contribution is 2.29. The van der Waals surface area contributed by atoms with Crippen LogP contribution in [0, 0.1) is 0 Å². The number of carbonyl (C=O) groups excluding carboxylic acids is 1. The summed E-state index contributed by atoms with van der Waals surface area (Å²) in [4.78, 5) is 17.9. The van der Waals surface area contributed by atoms with Crippen molar-refractivity contribution in [2.24, 2.45) is 0 Å². The molecule has 0 spiro atoms. The first-order valence-corrected chi connectivity index (χ1v) is 6.67. The standard InChI is InChI=1S/C13H16N2O2S/c1-9(2)15(8-12(16)17-3)13-10-5-7-18-11(10)4-6-14-13/h4-7,9H,8H2,1-3H3. The molecule has 2 aromatic heterocycles. The molecule has 0 aromatic carbocycles. The van der Waals surface area contributed by atoms with E-state index in [1.807, 2.05) is 36.3 Å². The number of pyridine rings is 1. The molecular formula is C13H16N2O2S. The number of anilines is 1. The van der Waals surface area contributed by atoms with Gasteiger partial charge >= 0.3 is 5.97 Å². The Hall–Kier alpha value is -1.62. The van der Waals surface area contributed by atoms with Crippen LogP contribution in [0.2, 0.25) is 0 Å². The van der Waals surface area contributed by atoms with Gasteiger partial charge in [-0.2, -0.15) is 0 Å². The topological polar surface area (TPSA) is 42.4 Å². The zero-order valence-corrected chi connectivity index (χ0v) is 11.5. The van der Waals surface area contributed by atoms with E-state index < -0.39 is 0 Å². The zero-order chi connectivity index (χ0) is 13.1. The van der Waals surface area contributed by atoms with E-state index in [9.17, 15) is 4.79 Å². The van der Waals surface area contributed by atoms with Crippen LogP contribution < -0.4 is 4.90 Å². The highest BCUT2D eigenvalue weighted by Gasteiger charge is 2.18. The molecule has 18 heavy (non-hydrogen) atoms. The van der Waals surface area contributed by atoms with Gasteiger partial charge in [0.15, 0.2) is 0 Å². The highest BCUT2D eigenvalue weighted by molar-refractivity contribution is 7.17. The molecule has 0 saturated carbocycles.